The van der Waals surface area contributed by atoms with Crippen LogP contribution < -0.4 is 10.4 Å². The quantitative estimate of drug-likeness (QED) is 0.606. The fraction of sp³-hybridized carbons (Fsp3) is 0.294. The summed E-state index contributed by atoms with van der Waals surface area (Å²) < 4.78 is 6.38. The molecule has 0 aliphatic carbocycles. The van der Waals surface area contributed by atoms with Crippen molar-refractivity contribution in [1.82, 2.24) is 0 Å². The van der Waals surface area contributed by atoms with E-state index >= 15 is 0 Å². The van der Waals surface area contributed by atoms with Gasteiger partial charge in [-0.3, -0.25) is 0 Å². The molecule has 0 aliphatic rings. The fourth-order valence-corrected chi connectivity index (χ4v) is 5.81. The number of hydrogen-bond acceptors (Lipinski definition) is 1. The Morgan fingerprint density at radius 1 is 0.800 bits per heavy atom. The van der Waals surface area contributed by atoms with E-state index in [0.717, 1.165) is 10.4 Å². The van der Waals surface area contributed by atoms with Crippen molar-refractivity contribution in [3.05, 3.63) is 60.7 Å². The minimum absolute atomic E-state index is 0.125. The van der Waals surface area contributed by atoms with E-state index in [0.29, 0.717) is 5.92 Å². The molecule has 0 fully saturated rings. The SMILES string of the molecule is CC(C)C(C)O[Si](Cl)(c1ccccc1)c1ccccc1. The third-order valence-electron chi connectivity index (χ3n) is 3.58. The maximum Gasteiger partial charge on any atom is 0.355 e. The van der Waals surface area contributed by atoms with E-state index < -0.39 is 7.63 Å². The molecule has 2 aromatic carbocycles. The largest absolute Gasteiger partial charge is 0.394 e. The minimum atomic E-state index is -2.66. The summed E-state index contributed by atoms with van der Waals surface area (Å²) >= 11 is 7.05. The van der Waals surface area contributed by atoms with Crippen molar-refractivity contribution >= 4 is 29.1 Å². The molecule has 0 radical (unpaired) electrons. The van der Waals surface area contributed by atoms with Crippen LogP contribution in [0.4, 0.5) is 0 Å². The minimum Gasteiger partial charge on any atom is -0.394 e. The van der Waals surface area contributed by atoms with E-state index in [1.165, 1.54) is 0 Å². The lowest BCUT2D eigenvalue weighted by atomic mass is 10.1. The maximum absolute atomic E-state index is 7.05. The molecule has 20 heavy (non-hydrogen) atoms. The van der Waals surface area contributed by atoms with Gasteiger partial charge >= 0.3 is 7.63 Å². The molecule has 0 amide bonds. The zero-order valence-corrected chi connectivity index (χ0v) is 14.0. The van der Waals surface area contributed by atoms with Crippen molar-refractivity contribution in [2.24, 2.45) is 5.92 Å². The summed E-state index contributed by atoms with van der Waals surface area (Å²) in [4.78, 5) is 0. The van der Waals surface area contributed by atoms with Crippen LogP contribution in [0.5, 0.6) is 0 Å². The molecule has 3 heteroatoms. The summed E-state index contributed by atoms with van der Waals surface area (Å²) in [5.74, 6) is 0.438. The molecule has 0 spiro atoms. The lowest BCUT2D eigenvalue weighted by Gasteiger charge is -2.30. The Kier molecular flexibility index (Phi) is 5.03. The van der Waals surface area contributed by atoms with Crippen molar-refractivity contribution in [3.8, 4) is 0 Å². The molecule has 0 N–H and O–H groups in total. The Morgan fingerprint density at radius 3 is 1.55 bits per heavy atom. The molecular formula is C17H21ClOSi. The maximum atomic E-state index is 7.05. The van der Waals surface area contributed by atoms with Crippen LogP contribution in [0.1, 0.15) is 20.8 Å². The van der Waals surface area contributed by atoms with Crippen molar-refractivity contribution in [3.63, 3.8) is 0 Å². The molecule has 1 nitrogen and oxygen atoms in total. The Hall–Kier alpha value is -1.09. The van der Waals surface area contributed by atoms with Crippen LogP contribution in [0, 0.1) is 5.92 Å². The molecular weight excluding hydrogens is 284 g/mol. The van der Waals surface area contributed by atoms with Gasteiger partial charge < -0.3 is 4.43 Å². The smallest absolute Gasteiger partial charge is 0.355 e. The first-order valence-electron chi connectivity index (χ1n) is 7.02. The molecule has 0 aliphatic heterocycles. The number of benzene rings is 2. The average Bonchev–Trinajstić information content (AvgIpc) is 2.48. The Bertz CT molecular complexity index is 488. The normalized spacial score (nSPS) is 13.4. The predicted octanol–water partition coefficient (Wildman–Crippen LogP) is 3.54. The van der Waals surface area contributed by atoms with E-state index in [-0.39, 0.29) is 6.10 Å². The van der Waals surface area contributed by atoms with Crippen molar-refractivity contribution in [1.29, 1.82) is 0 Å². The van der Waals surface area contributed by atoms with Gasteiger partial charge in [0.2, 0.25) is 0 Å². The van der Waals surface area contributed by atoms with Crippen molar-refractivity contribution in [2.75, 3.05) is 0 Å². The first-order chi connectivity index (χ1) is 9.54. The van der Waals surface area contributed by atoms with Gasteiger partial charge in [0, 0.05) is 6.10 Å². The van der Waals surface area contributed by atoms with Crippen LogP contribution in [-0.2, 0) is 4.43 Å². The molecule has 2 rings (SSSR count). The summed E-state index contributed by atoms with van der Waals surface area (Å²) in [5.41, 5.74) is 0. The predicted molar refractivity (Wildman–Crippen MR) is 89.1 cm³/mol. The molecule has 1 unspecified atom stereocenters. The summed E-state index contributed by atoms with van der Waals surface area (Å²) in [6, 6.07) is 20.4. The Balaban J connectivity index is 2.44. The highest BCUT2D eigenvalue weighted by atomic mass is 35.6. The molecule has 0 aromatic heterocycles. The number of halogens is 1. The third kappa shape index (κ3) is 3.32. The molecule has 1 atom stereocenters. The topological polar surface area (TPSA) is 9.23 Å². The lowest BCUT2D eigenvalue weighted by Crippen LogP contribution is -2.58. The zero-order valence-electron chi connectivity index (χ0n) is 12.2. The highest BCUT2D eigenvalue weighted by Gasteiger charge is 2.39. The summed E-state index contributed by atoms with van der Waals surface area (Å²) in [6.07, 6.45) is 0.125. The van der Waals surface area contributed by atoms with Gasteiger partial charge in [0.15, 0.2) is 0 Å². The molecule has 0 saturated heterocycles. The van der Waals surface area contributed by atoms with Crippen LogP contribution in [0.3, 0.4) is 0 Å². The van der Waals surface area contributed by atoms with Crippen LogP contribution in [0.25, 0.3) is 0 Å². The summed E-state index contributed by atoms with van der Waals surface area (Å²) in [6.45, 7) is 6.42. The van der Waals surface area contributed by atoms with Crippen LogP contribution >= 0.6 is 11.1 Å². The number of rotatable bonds is 5. The molecule has 106 valence electrons. The summed E-state index contributed by atoms with van der Waals surface area (Å²) in [7, 11) is -2.66. The average molecular weight is 305 g/mol. The fourth-order valence-electron chi connectivity index (χ4n) is 2.00. The third-order valence-corrected chi connectivity index (χ3v) is 8.00. The van der Waals surface area contributed by atoms with E-state index in [1.807, 2.05) is 36.4 Å². The molecule has 0 saturated carbocycles. The molecule has 0 heterocycles. The van der Waals surface area contributed by atoms with E-state index in [4.69, 9.17) is 15.5 Å². The second-order valence-corrected chi connectivity index (χ2v) is 9.57. The second-order valence-electron chi connectivity index (χ2n) is 5.39. The van der Waals surface area contributed by atoms with Gasteiger partial charge in [0.25, 0.3) is 0 Å². The molecule has 2 aromatic rings. The Morgan fingerprint density at radius 2 is 1.20 bits per heavy atom. The number of hydrogen-bond donors (Lipinski definition) is 0. The highest BCUT2D eigenvalue weighted by molar-refractivity contribution is 7.30. The first-order valence-corrected chi connectivity index (χ1v) is 9.94. The van der Waals surface area contributed by atoms with Gasteiger partial charge in [-0.05, 0) is 23.2 Å². The van der Waals surface area contributed by atoms with Crippen LogP contribution in [-0.4, -0.2) is 13.7 Å². The van der Waals surface area contributed by atoms with Gasteiger partial charge in [-0.2, -0.15) is 0 Å². The summed E-state index contributed by atoms with van der Waals surface area (Å²) in [5, 5.41) is 2.20. The van der Waals surface area contributed by atoms with Crippen LogP contribution in [0.2, 0.25) is 0 Å². The second kappa shape index (κ2) is 6.57. The van der Waals surface area contributed by atoms with Gasteiger partial charge in [-0.25, -0.2) is 0 Å². The monoisotopic (exact) mass is 304 g/mol. The highest BCUT2D eigenvalue weighted by Crippen LogP contribution is 2.18. The van der Waals surface area contributed by atoms with Gasteiger partial charge in [-0.1, -0.05) is 74.5 Å². The van der Waals surface area contributed by atoms with Gasteiger partial charge in [0.1, 0.15) is 0 Å². The van der Waals surface area contributed by atoms with E-state index in [2.05, 4.69) is 45.0 Å². The standard InChI is InChI=1S/C17H21ClOSi/c1-14(2)15(3)19-20(18,16-10-6-4-7-11-16)17-12-8-5-9-13-17/h4-15H,1-3H3. The van der Waals surface area contributed by atoms with E-state index in [1.54, 1.807) is 0 Å². The van der Waals surface area contributed by atoms with Gasteiger partial charge in [-0.15, -0.1) is 11.1 Å². The van der Waals surface area contributed by atoms with Crippen molar-refractivity contribution < 1.29 is 4.43 Å². The van der Waals surface area contributed by atoms with Crippen LogP contribution in [0.15, 0.2) is 60.7 Å². The lowest BCUT2D eigenvalue weighted by molar-refractivity contribution is 0.173. The zero-order chi connectivity index (χ0) is 14.6. The first kappa shape index (κ1) is 15.3. The van der Waals surface area contributed by atoms with E-state index in [9.17, 15) is 0 Å². The Labute approximate surface area is 127 Å². The van der Waals surface area contributed by atoms with Gasteiger partial charge in [0.05, 0.1) is 0 Å². The van der Waals surface area contributed by atoms with Crippen molar-refractivity contribution in [2.45, 2.75) is 26.9 Å². The molecule has 0 bridgehead atoms.